The number of aliphatic hydroxyl groups excluding tert-OH is 5. The van der Waals surface area contributed by atoms with Gasteiger partial charge in [0.25, 0.3) is 0 Å². The minimum absolute atomic E-state index is 0.0406. The van der Waals surface area contributed by atoms with Crippen LogP contribution in [0.25, 0.3) is 0 Å². The van der Waals surface area contributed by atoms with Crippen LogP contribution in [0.2, 0.25) is 0 Å². The Bertz CT molecular complexity index is 1280. The van der Waals surface area contributed by atoms with Gasteiger partial charge in [0.2, 0.25) is 0 Å². The van der Waals surface area contributed by atoms with E-state index >= 15 is 0 Å². The Morgan fingerprint density at radius 1 is 0.441 bits per heavy atom. The molecule has 14 heteroatoms. The Morgan fingerprint density at radius 3 is 1.21 bits per heavy atom. The summed E-state index contributed by atoms with van der Waals surface area (Å²) < 4.78 is 33.6. The fourth-order valence-corrected chi connectivity index (χ4v) is 9.58. The smallest absolute Gasteiger partial charge is 0.462 e. The number of carbonyl (C=O) groups excluding carboxylic acids is 2. The number of allylic oxidation sites excluding steroid dienone is 4. The molecular formula is C54H101O13P. The molecule has 1 aliphatic rings. The molecule has 13 nitrogen and oxygen atoms in total. The van der Waals surface area contributed by atoms with Crippen LogP contribution in [-0.4, -0.2) is 98.3 Å². The van der Waals surface area contributed by atoms with E-state index in [0.717, 1.165) is 38.5 Å². The molecule has 0 amide bonds. The Labute approximate surface area is 413 Å². The Hall–Kier alpha value is -1.67. The largest absolute Gasteiger partial charge is 0.472 e. The quantitative estimate of drug-likeness (QED) is 0.0145. The molecule has 0 bridgehead atoms. The molecule has 0 saturated heterocycles. The van der Waals surface area contributed by atoms with Gasteiger partial charge in [0.05, 0.1) is 6.61 Å². The number of phosphoric ester groups is 1. The second-order valence-electron chi connectivity index (χ2n) is 19.4. The molecule has 0 heterocycles. The Kier molecular flexibility index (Phi) is 41.7. The molecule has 0 aromatic carbocycles. The fourth-order valence-electron chi connectivity index (χ4n) is 8.60. The van der Waals surface area contributed by atoms with Gasteiger partial charge in [-0.25, -0.2) is 4.57 Å². The molecule has 6 N–H and O–H groups in total. The van der Waals surface area contributed by atoms with Gasteiger partial charge in [-0.3, -0.25) is 18.6 Å². The summed E-state index contributed by atoms with van der Waals surface area (Å²) in [7, 11) is -5.13. The minimum Gasteiger partial charge on any atom is -0.462 e. The molecular weight excluding hydrogens is 888 g/mol. The predicted octanol–water partition coefficient (Wildman–Crippen LogP) is 12.3. The third kappa shape index (κ3) is 35.4. The van der Waals surface area contributed by atoms with E-state index in [1.54, 1.807) is 0 Å². The van der Waals surface area contributed by atoms with Gasteiger partial charge < -0.3 is 39.9 Å². The maximum absolute atomic E-state index is 12.9. The van der Waals surface area contributed by atoms with Gasteiger partial charge in [-0.2, -0.15) is 0 Å². The van der Waals surface area contributed by atoms with Gasteiger partial charge in [-0.05, 0) is 44.9 Å². The molecule has 0 radical (unpaired) electrons. The van der Waals surface area contributed by atoms with Crippen molar-refractivity contribution in [1.82, 2.24) is 0 Å². The first-order valence-corrected chi connectivity index (χ1v) is 29.1. The van der Waals surface area contributed by atoms with E-state index in [9.17, 15) is 44.6 Å². The summed E-state index contributed by atoms with van der Waals surface area (Å²) >= 11 is 0. The van der Waals surface area contributed by atoms with E-state index in [1.165, 1.54) is 167 Å². The zero-order chi connectivity index (χ0) is 49.9. The lowest BCUT2D eigenvalue weighted by atomic mass is 9.85. The van der Waals surface area contributed by atoms with Crippen molar-refractivity contribution in [1.29, 1.82) is 0 Å². The summed E-state index contributed by atoms with van der Waals surface area (Å²) in [6, 6.07) is 0. The monoisotopic (exact) mass is 989 g/mol. The molecule has 0 aromatic heterocycles. The first-order chi connectivity index (χ1) is 32.9. The highest BCUT2D eigenvalue weighted by molar-refractivity contribution is 7.47. The molecule has 6 unspecified atom stereocenters. The second kappa shape index (κ2) is 44.1. The molecule has 0 aliphatic heterocycles. The van der Waals surface area contributed by atoms with E-state index in [1.807, 2.05) is 6.08 Å². The fraction of sp³-hybridized carbons (Fsp3) is 0.889. The predicted molar refractivity (Wildman–Crippen MR) is 272 cm³/mol. The molecule has 1 saturated carbocycles. The number of hydrogen-bond donors (Lipinski definition) is 6. The summed E-state index contributed by atoms with van der Waals surface area (Å²) in [6.07, 6.45) is 38.1. The zero-order valence-electron chi connectivity index (χ0n) is 42.9. The van der Waals surface area contributed by atoms with Crippen molar-refractivity contribution in [2.45, 2.75) is 294 Å². The number of hydrogen-bond acceptors (Lipinski definition) is 12. The summed E-state index contributed by atoms with van der Waals surface area (Å²) in [4.78, 5) is 35.9. The Morgan fingerprint density at radius 2 is 0.779 bits per heavy atom. The van der Waals surface area contributed by atoms with Crippen LogP contribution in [-0.2, 0) is 32.7 Å². The number of esters is 2. The summed E-state index contributed by atoms with van der Waals surface area (Å²) in [5.41, 5.74) is 0. The van der Waals surface area contributed by atoms with Crippen LogP contribution >= 0.6 is 7.82 Å². The molecule has 0 spiro atoms. The number of rotatable bonds is 47. The standard InChI is InChI=1S/C54H101O13P/c1-3-5-7-9-11-13-15-17-19-21-22-23-24-25-26-27-29-31-33-35-37-39-41-43-48(56)66-46(45-65-68(62,63)67-54-52(60)50(58)49(57)51(59)53(54)61)44-64-47(55)42-40-38-36-34-32-30-28-20-18-16-14-12-10-8-6-4-2/h27,29,35,37,46,49-54,57-61H,3-26,28,30-34,36,38-45H2,1-2H3,(H,62,63)/b29-27+,37-35+/t46-,49?,50-,51?,52?,53?,54?/m1/s1. The number of unbranched alkanes of at least 4 members (excludes halogenated alkanes) is 31. The van der Waals surface area contributed by atoms with Crippen molar-refractivity contribution >= 4 is 19.8 Å². The van der Waals surface area contributed by atoms with Crippen molar-refractivity contribution in [3.63, 3.8) is 0 Å². The van der Waals surface area contributed by atoms with Crippen LogP contribution < -0.4 is 0 Å². The first-order valence-electron chi connectivity index (χ1n) is 27.6. The summed E-state index contributed by atoms with van der Waals surface area (Å²) in [6.45, 7) is 3.32. The highest BCUT2D eigenvalue weighted by atomic mass is 31.2. The normalized spacial score (nSPS) is 21.1. The van der Waals surface area contributed by atoms with Crippen molar-refractivity contribution < 1.29 is 63.1 Å². The lowest BCUT2D eigenvalue weighted by molar-refractivity contribution is -0.220. The van der Waals surface area contributed by atoms with Crippen molar-refractivity contribution in [3.8, 4) is 0 Å². The summed E-state index contributed by atoms with van der Waals surface area (Å²) in [5.74, 6) is -1.14. The van der Waals surface area contributed by atoms with Crippen LogP contribution in [0.5, 0.6) is 0 Å². The van der Waals surface area contributed by atoms with Crippen molar-refractivity contribution in [2.75, 3.05) is 13.2 Å². The van der Waals surface area contributed by atoms with Crippen LogP contribution in [0.4, 0.5) is 0 Å². The molecule has 0 aromatic rings. The SMILES string of the molecule is CCCCCCCCCCCCCCCC/C=C/CC/C=C/CCCC(=O)O[C@H](COC(=O)CCCCCCCCCCCCCCCCCC)COP(=O)(O)OC1C(O)C(O)C(O)[C@@H](O)C1O. The van der Waals surface area contributed by atoms with Crippen LogP contribution in [0.1, 0.15) is 251 Å². The number of carbonyl (C=O) groups is 2. The third-order valence-corrected chi connectivity index (χ3v) is 14.0. The van der Waals surface area contributed by atoms with Gasteiger partial charge >= 0.3 is 19.8 Å². The van der Waals surface area contributed by atoms with E-state index in [-0.39, 0.29) is 12.8 Å². The number of ether oxygens (including phenoxy) is 2. The Balaban J connectivity index is 2.37. The summed E-state index contributed by atoms with van der Waals surface area (Å²) in [5, 5.41) is 50.3. The number of phosphoric acid groups is 1. The van der Waals surface area contributed by atoms with Gasteiger partial charge in [-0.1, -0.05) is 218 Å². The highest BCUT2D eigenvalue weighted by Gasteiger charge is 2.51. The van der Waals surface area contributed by atoms with E-state index in [4.69, 9.17) is 18.5 Å². The highest BCUT2D eigenvalue weighted by Crippen LogP contribution is 2.47. The van der Waals surface area contributed by atoms with Gasteiger partial charge in [0, 0.05) is 12.8 Å². The maximum atomic E-state index is 12.9. The van der Waals surface area contributed by atoms with Crippen molar-refractivity contribution in [3.05, 3.63) is 24.3 Å². The third-order valence-electron chi connectivity index (χ3n) is 13.0. The molecule has 1 fully saturated rings. The van der Waals surface area contributed by atoms with E-state index in [2.05, 4.69) is 32.1 Å². The topological polar surface area (TPSA) is 210 Å². The minimum atomic E-state index is -5.13. The molecule has 1 rings (SSSR count). The number of aliphatic hydroxyl groups is 5. The van der Waals surface area contributed by atoms with Crippen LogP contribution in [0.3, 0.4) is 0 Å². The van der Waals surface area contributed by atoms with E-state index < -0.39 is 75.7 Å². The van der Waals surface area contributed by atoms with Crippen LogP contribution in [0, 0.1) is 0 Å². The average Bonchev–Trinajstić information content (AvgIpc) is 3.32. The first kappa shape index (κ1) is 64.3. The molecule has 8 atom stereocenters. The van der Waals surface area contributed by atoms with Crippen molar-refractivity contribution in [2.24, 2.45) is 0 Å². The maximum Gasteiger partial charge on any atom is 0.472 e. The lowest BCUT2D eigenvalue weighted by Crippen LogP contribution is -2.64. The van der Waals surface area contributed by atoms with Gasteiger partial charge in [0.1, 0.15) is 43.2 Å². The van der Waals surface area contributed by atoms with E-state index in [0.29, 0.717) is 19.3 Å². The van der Waals surface area contributed by atoms with Gasteiger partial charge in [0.15, 0.2) is 6.10 Å². The molecule has 68 heavy (non-hydrogen) atoms. The molecule has 400 valence electrons. The second-order valence-corrected chi connectivity index (χ2v) is 20.8. The average molecular weight is 989 g/mol. The lowest BCUT2D eigenvalue weighted by Gasteiger charge is -2.41. The van der Waals surface area contributed by atoms with Gasteiger partial charge in [-0.15, -0.1) is 0 Å². The molecule has 1 aliphatic carbocycles. The van der Waals surface area contributed by atoms with Crippen LogP contribution in [0.15, 0.2) is 24.3 Å². The zero-order valence-corrected chi connectivity index (χ0v) is 43.8.